The molecule has 0 atom stereocenters. The summed E-state index contributed by atoms with van der Waals surface area (Å²) in [7, 11) is 18.7. The van der Waals surface area contributed by atoms with Crippen molar-refractivity contribution in [2.24, 2.45) is 0 Å². The summed E-state index contributed by atoms with van der Waals surface area (Å²) in [6, 6.07) is 40.7. The number of benzene rings is 8. The first-order valence-electron chi connectivity index (χ1n) is 20.1. The van der Waals surface area contributed by atoms with E-state index in [9.17, 15) is 0 Å². The van der Waals surface area contributed by atoms with Crippen molar-refractivity contribution in [2.75, 3.05) is 0 Å². The van der Waals surface area contributed by atoms with E-state index in [0.717, 1.165) is 21.9 Å². The molecule has 10 rings (SSSR count). The van der Waals surface area contributed by atoms with Crippen LogP contribution in [0.1, 0.15) is 25.0 Å². The summed E-state index contributed by atoms with van der Waals surface area (Å²) in [5.74, 6) is 0. The van der Waals surface area contributed by atoms with Crippen molar-refractivity contribution in [3.05, 3.63) is 120 Å². The molecule has 0 spiro atoms. The minimum atomic E-state index is -0.0540. The largest absolute Gasteiger partial charge is 0.456 e. The Morgan fingerprint density at radius 3 is 1.50 bits per heavy atom. The number of hydrogen-bond donors (Lipinski definition) is 0. The van der Waals surface area contributed by atoms with Crippen LogP contribution in [-0.2, 0) is 5.41 Å². The maximum Gasteiger partial charge on any atom is 0.139 e. The van der Waals surface area contributed by atoms with Crippen LogP contribution in [0, 0.1) is 0 Å². The second-order valence-electron chi connectivity index (χ2n) is 17.0. The number of rotatable bonds is 3. The van der Waals surface area contributed by atoms with Gasteiger partial charge in [0.2, 0.25) is 0 Å². The Kier molecular flexibility index (Phi) is 7.70. The lowest BCUT2D eigenvalue weighted by molar-refractivity contribution is 0.660. The molecule has 9 heteroatoms. The Hall–Kier alpha value is -5.40. The summed E-state index contributed by atoms with van der Waals surface area (Å²) in [5, 5.41) is 7.74. The van der Waals surface area contributed by atoms with Crippen molar-refractivity contribution < 1.29 is 4.42 Å². The fourth-order valence-corrected chi connectivity index (χ4v) is 10.4. The van der Waals surface area contributed by atoms with Gasteiger partial charge in [-0.05, 0) is 101 Å². The molecule has 0 aliphatic heterocycles. The van der Waals surface area contributed by atoms with Gasteiger partial charge in [0, 0.05) is 16.2 Å². The molecule has 258 valence electrons. The maximum atomic E-state index is 6.36. The minimum Gasteiger partial charge on any atom is -0.456 e. The third-order valence-electron chi connectivity index (χ3n) is 14.1. The third-order valence-corrected chi connectivity index (χ3v) is 14.1. The second-order valence-corrected chi connectivity index (χ2v) is 17.0. The average Bonchev–Trinajstić information content (AvgIpc) is 3.71. The summed E-state index contributed by atoms with van der Waals surface area (Å²) >= 11 is 0. The highest BCUT2D eigenvalue weighted by atomic mass is 16.3. The van der Waals surface area contributed by atoms with E-state index in [0.29, 0.717) is 0 Å². The zero-order valence-electron chi connectivity index (χ0n) is 34.3. The second kappa shape index (κ2) is 12.3. The van der Waals surface area contributed by atoms with E-state index in [4.69, 9.17) is 4.42 Å². The van der Waals surface area contributed by atoms with E-state index in [1.807, 2.05) is 0 Å². The summed E-state index contributed by atoms with van der Waals surface area (Å²) in [5.41, 5.74) is 25.9. The first-order valence-corrected chi connectivity index (χ1v) is 20.1. The first-order chi connectivity index (χ1) is 26.9. The van der Waals surface area contributed by atoms with Gasteiger partial charge < -0.3 is 4.42 Å². The maximum absolute atomic E-state index is 6.36. The molecule has 1 aromatic heterocycles. The summed E-state index contributed by atoms with van der Waals surface area (Å²) in [4.78, 5) is 0. The molecular weight excluding hydrogens is 667 g/mol. The molecular formula is C47H40B8O. The van der Waals surface area contributed by atoms with Gasteiger partial charge in [0.1, 0.15) is 73.9 Å². The highest BCUT2D eigenvalue weighted by molar-refractivity contribution is 6.71. The smallest absolute Gasteiger partial charge is 0.139 e. The van der Waals surface area contributed by atoms with Gasteiger partial charge >= 0.3 is 0 Å². The Bertz CT molecular complexity index is 3130. The SMILES string of the molecule is Bc1c(B)c(B)c2c(-c3ccc4oc5ccccc5c4c3)c3c(B)c(B)c(B)c(B)c3c(-c3cccc(-c4cccc5c4-c4ccccc4C5(C)C)c3)c2c1B. The molecule has 0 saturated heterocycles. The molecule has 0 N–H and O–H groups in total. The third kappa shape index (κ3) is 4.67. The lowest BCUT2D eigenvalue weighted by Crippen LogP contribution is -2.50. The molecule has 1 nitrogen and oxygen atoms in total. The predicted molar refractivity (Wildman–Crippen MR) is 268 cm³/mol. The van der Waals surface area contributed by atoms with Crippen LogP contribution < -0.4 is 43.7 Å². The molecule has 0 unspecified atom stereocenters. The van der Waals surface area contributed by atoms with Gasteiger partial charge in [-0.25, -0.2) is 0 Å². The highest BCUT2D eigenvalue weighted by Crippen LogP contribution is 2.52. The van der Waals surface area contributed by atoms with Gasteiger partial charge in [-0.15, -0.1) is 21.9 Å². The van der Waals surface area contributed by atoms with E-state index in [1.54, 1.807) is 0 Å². The van der Waals surface area contributed by atoms with E-state index in [1.165, 1.54) is 121 Å². The van der Waals surface area contributed by atoms with Crippen molar-refractivity contribution in [3.8, 4) is 44.5 Å². The lowest BCUT2D eigenvalue weighted by Gasteiger charge is -2.28. The molecule has 0 fully saturated rings. The molecule has 8 aromatic carbocycles. The molecule has 1 heterocycles. The molecule has 1 aliphatic carbocycles. The number of hydrogen-bond acceptors (Lipinski definition) is 1. The van der Waals surface area contributed by atoms with Crippen LogP contribution in [0.25, 0.3) is 88.0 Å². The zero-order chi connectivity index (χ0) is 38.9. The molecule has 9 aromatic rings. The lowest BCUT2D eigenvalue weighted by atomic mass is 9.59. The van der Waals surface area contributed by atoms with E-state index in [-0.39, 0.29) is 5.41 Å². The minimum absolute atomic E-state index is 0.0540. The van der Waals surface area contributed by atoms with Crippen molar-refractivity contribution in [3.63, 3.8) is 0 Å². The van der Waals surface area contributed by atoms with E-state index < -0.39 is 0 Å². The van der Waals surface area contributed by atoms with Crippen LogP contribution in [0.2, 0.25) is 0 Å². The van der Waals surface area contributed by atoms with Crippen molar-refractivity contribution in [1.29, 1.82) is 0 Å². The topological polar surface area (TPSA) is 13.1 Å². The first kappa shape index (κ1) is 35.0. The summed E-state index contributed by atoms with van der Waals surface area (Å²) in [6.07, 6.45) is 0. The quantitative estimate of drug-likeness (QED) is 0.175. The fraction of sp³-hybridized carbons (Fsp3) is 0.0638. The van der Waals surface area contributed by atoms with Crippen LogP contribution >= 0.6 is 0 Å². The molecule has 0 radical (unpaired) electrons. The molecule has 56 heavy (non-hydrogen) atoms. The molecule has 0 bridgehead atoms. The normalized spacial score (nSPS) is 13.2. The van der Waals surface area contributed by atoms with Gasteiger partial charge in [-0.2, -0.15) is 0 Å². The Morgan fingerprint density at radius 2 is 0.857 bits per heavy atom. The van der Waals surface area contributed by atoms with Crippen molar-refractivity contribution >= 4 is 150 Å². The van der Waals surface area contributed by atoms with Crippen LogP contribution in [0.15, 0.2) is 114 Å². The average molecular weight is 707 g/mol. The van der Waals surface area contributed by atoms with Gasteiger partial charge in [-0.3, -0.25) is 0 Å². The van der Waals surface area contributed by atoms with Crippen LogP contribution in [0.3, 0.4) is 0 Å². The standard InChI is InChI=1S/C47H40B8O/c1-47(2)28-14-5-3-12-26(28)34-24(13-8-15-29(34)47)21-9-7-10-22(19-21)32-35-37(41(50)45(54)43(52)39(35)48)33(38-36(32)40(49)44(53)46(55)42(38)51)23-17-18-31-27(20-23)25-11-4-6-16-30(25)56-31/h3-20H,48-55H2,1-2H3. The van der Waals surface area contributed by atoms with Crippen molar-refractivity contribution in [1.82, 2.24) is 0 Å². The summed E-state index contributed by atoms with van der Waals surface area (Å²) < 4.78 is 6.36. The van der Waals surface area contributed by atoms with Crippen LogP contribution in [0.5, 0.6) is 0 Å². The summed E-state index contributed by atoms with van der Waals surface area (Å²) in [6.45, 7) is 4.74. The van der Waals surface area contributed by atoms with Gasteiger partial charge in [-0.1, -0.05) is 121 Å². The van der Waals surface area contributed by atoms with Crippen molar-refractivity contribution in [2.45, 2.75) is 19.3 Å². The fourth-order valence-electron chi connectivity index (χ4n) is 10.4. The van der Waals surface area contributed by atoms with E-state index in [2.05, 4.69) is 186 Å². The Balaban J connectivity index is 1.36. The molecule has 1 aliphatic rings. The highest BCUT2D eigenvalue weighted by Gasteiger charge is 2.36. The predicted octanol–water partition coefficient (Wildman–Crippen LogP) is -0.733. The number of para-hydroxylation sites is 1. The van der Waals surface area contributed by atoms with Gasteiger partial charge in [0.25, 0.3) is 0 Å². The van der Waals surface area contributed by atoms with Gasteiger partial charge in [0.15, 0.2) is 0 Å². The Labute approximate surface area is 336 Å². The molecule has 0 saturated carbocycles. The number of fused-ring (bicyclic) bond motifs is 8. The van der Waals surface area contributed by atoms with Gasteiger partial charge in [0.05, 0.1) is 0 Å². The van der Waals surface area contributed by atoms with Crippen LogP contribution in [0.4, 0.5) is 0 Å². The molecule has 0 amide bonds. The monoisotopic (exact) mass is 708 g/mol. The Morgan fingerprint density at radius 1 is 0.375 bits per heavy atom. The van der Waals surface area contributed by atoms with Crippen LogP contribution in [-0.4, -0.2) is 62.8 Å². The number of furan rings is 1. The van der Waals surface area contributed by atoms with E-state index >= 15 is 0 Å². The zero-order valence-corrected chi connectivity index (χ0v) is 34.3.